The fraction of sp³-hybridized carbons (Fsp3) is 0.737. The van der Waals surface area contributed by atoms with Gasteiger partial charge < -0.3 is 4.90 Å². The highest BCUT2D eigenvalue weighted by Gasteiger charge is 2.51. The van der Waals surface area contributed by atoms with Crippen LogP contribution in [0.4, 0.5) is 26.3 Å². The third-order valence-corrected chi connectivity index (χ3v) is 5.16. The monoisotopic (exact) mass is 444 g/mol. The number of carbonyl (C=O) groups is 3. The van der Waals surface area contributed by atoms with E-state index in [1.54, 1.807) is 0 Å². The molecule has 0 aromatic heterocycles. The molecule has 1 fully saturated rings. The van der Waals surface area contributed by atoms with Crippen molar-refractivity contribution in [2.75, 3.05) is 0 Å². The number of halogens is 6. The number of hydrogen-bond donors (Lipinski definition) is 0. The molecular formula is C19H26F6N2O3. The van der Waals surface area contributed by atoms with Gasteiger partial charge >= 0.3 is 12.5 Å². The maximum absolute atomic E-state index is 13.6. The van der Waals surface area contributed by atoms with E-state index in [2.05, 4.69) is 6.58 Å². The van der Waals surface area contributed by atoms with Crippen LogP contribution in [0.1, 0.15) is 53.4 Å². The summed E-state index contributed by atoms with van der Waals surface area (Å²) in [4.78, 5) is 37.5. The average molecular weight is 444 g/mol. The number of imide groups is 1. The number of rotatable bonds is 5. The molecule has 1 rings (SSSR count). The molecule has 30 heavy (non-hydrogen) atoms. The van der Waals surface area contributed by atoms with Crippen molar-refractivity contribution in [3.63, 3.8) is 0 Å². The highest BCUT2D eigenvalue weighted by Crippen LogP contribution is 2.41. The van der Waals surface area contributed by atoms with Gasteiger partial charge in [0.05, 0.1) is 5.92 Å². The molecular weight excluding hydrogens is 418 g/mol. The van der Waals surface area contributed by atoms with E-state index in [1.165, 1.54) is 20.8 Å². The number of nitrogens with zero attached hydrogens (tertiary/aromatic N) is 2. The van der Waals surface area contributed by atoms with E-state index < -0.39 is 84.7 Å². The summed E-state index contributed by atoms with van der Waals surface area (Å²) in [5.41, 5.74) is -0.00120. The van der Waals surface area contributed by atoms with Crippen molar-refractivity contribution in [2.45, 2.75) is 77.9 Å². The molecule has 1 aliphatic carbocycles. The predicted octanol–water partition coefficient (Wildman–Crippen LogP) is 4.43. The minimum atomic E-state index is -5.38. The van der Waals surface area contributed by atoms with Gasteiger partial charge in [-0.2, -0.15) is 18.1 Å². The second-order valence-electron chi connectivity index (χ2n) is 7.83. The van der Waals surface area contributed by atoms with Crippen LogP contribution in [-0.4, -0.2) is 52.1 Å². The van der Waals surface area contributed by atoms with Crippen LogP contribution in [0.3, 0.4) is 0 Å². The predicted molar refractivity (Wildman–Crippen MR) is 95.7 cm³/mol. The van der Waals surface area contributed by atoms with Gasteiger partial charge in [0.1, 0.15) is 6.04 Å². The van der Waals surface area contributed by atoms with Gasteiger partial charge in [0, 0.05) is 17.5 Å². The van der Waals surface area contributed by atoms with E-state index >= 15 is 0 Å². The lowest BCUT2D eigenvalue weighted by Gasteiger charge is -2.37. The second-order valence-corrected chi connectivity index (χ2v) is 7.83. The van der Waals surface area contributed by atoms with Crippen molar-refractivity contribution in [3.8, 4) is 0 Å². The lowest BCUT2D eigenvalue weighted by Crippen LogP contribution is -2.58. The molecule has 1 aliphatic rings. The fourth-order valence-electron chi connectivity index (χ4n) is 3.59. The highest BCUT2D eigenvalue weighted by molar-refractivity contribution is 6.02. The van der Waals surface area contributed by atoms with Crippen molar-refractivity contribution in [1.29, 1.82) is 0 Å². The average Bonchev–Trinajstić information content (AvgIpc) is 2.59. The summed E-state index contributed by atoms with van der Waals surface area (Å²) < 4.78 is 79.2. The van der Waals surface area contributed by atoms with Crippen LogP contribution in [-0.2, 0) is 14.4 Å². The van der Waals surface area contributed by atoms with Crippen LogP contribution >= 0.6 is 0 Å². The van der Waals surface area contributed by atoms with Crippen LogP contribution in [0.5, 0.6) is 0 Å². The molecule has 1 saturated carbocycles. The topological polar surface area (TPSA) is 57.7 Å². The SMILES string of the molecule is C=C(C)C(=O)N(C(C)C)C(C)C(=O)N(C(=O)C1CCC(C(F)(F)F)CC1)C(F)(F)F. The summed E-state index contributed by atoms with van der Waals surface area (Å²) in [7, 11) is 0. The lowest BCUT2D eigenvalue weighted by molar-refractivity contribution is -0.242. The Hall–Kier alpha value is -2.07. The van der Waals surface area contributed by atoms with E-state index in [0.717, 1.165) is 11.8 Å². The Morgan fingerprint density at radius 2 is 1.40 bits per heavy atom. The maximum atomic E-state index is 13.6. The molecule has 0 aromatic rings. The summed E-state index contributed by atoms with van der Waals surface area (Å²) in [5.74, 6) is -7.03. The summed E-state index contributed by atoms with van der Waals surface area (Å²) in [6.45, 7) is 8.81. The first-order valence-electron chi connectivity index (χ1n) is 9.49. The quantitative estimate of drug-likeness (QED) is 0.358. The van der Waals surface area contributed by atoms with E-state index in [9.17, 15) is 40.7 Å². The van der Waals surface area contributed by atoms with Gasteiger partial charge in [-0.3, -0.25) is 14.4 Å². The Morgan fingerprint density at radius 3 is 1.73 bits per heavy atom. The zero-order valence-electron chi connectivity index (χ0n) is 17.2. The third-order valence-electron chi connectivity index (χ3n) is 5.16. The van der Waals surface area contributed by atoms with Crippen molar-refractivity contribution >= 4 is 17.7 Å². The number of hydrogen-bond acceptors (Lipinski definition) is 3. The third kappa shape index (κ3) is 5.98. The minimum Gasteiger partial charge on any atom is -0.325 e. The molecule has 0 heterocycles. The molecule has 0 N–H and O–H groups in total. The lowest BCUT2D eigenvalue weighted by atomic mass is 9.81. The first kappa shape index (κ1) is 26.0. The summed E-state index contributed by atoms with van der Waals surface area (Å²) in [6.07, 6.45) is -11.6. The van der Waals surface area contributed by atoms with Crippen LogP contribution in [0.2, 0.25) is 0 Å². The molecule has 0 spiro atoms. The van der Waals surface area contributed by atoms with Gasteiger partial charge in [-0.15, -0.1) is 13.2 Å². The van der Waals surface area contributed by atoms with Crippen LogP contribution in [0.25, 0.3) is 0 Å². The van der Waals surface area contributed by atoms with Crippen molar-refractivity contribution in [3.05, 3.63) is 12.2 Å². The zero-order valence-corrected chi connectivity index (χ0v) is 17.2. The Morgan fingerprint density at radius 1 is 0.933 bits per heavy atom. The minimum absolute atomic E-state index is 0.00120. The smallest absolute Gasteiger partial charge is 0.325 e. The van der Waals surface area contributed by atoms with Crippen molar-refractivity contribution < 1.29 is 40.7 Å². The molecule has 5 nitrogen and oxygen atoms in total. The van der Waals surface area contributed by atoms with Gasteiger partial charge in [-0.25, -0.2) is 0 Å². The molecule has 0 radical (unpaired) electrons. The molecule has 0 aromatic carbocycles. The summed E-state index contributed by atoms with van der Waals surface area (Å²) in [6, 6.07) is -2.30. The fourth-order valence-corrected chi connectivity index (χ4v) is 3.59. The number of amides is 3. The Labute approximate surface area is 171 Å². The van der Waals surface area contributed by atoms with Gasteiger partial charge in [0.25, 0.3) is 5.91 Å². The molecule has 0 aliphatic heterocycles. The van der Waals surface area contributed by atoms with Gasteiger partial charge in [0.2, 0.25) is 11.8 Å². The molecule has 0 bridgehead atoms. The van der Waals surface area contributed by atoms with Crippen LogP contribution in [0.15, 0.2) is 12.2 Å². The number of alkyl halides is 6. The molecule has 11 heteroatoms. The second kappa shape index (κ2) is 9.38. The molecule has 3 amide bonds. The van der Waals surface area contributed by atoms with Crippen LogP contribution < -0.4 is 0 Å². The van der Waals surface area contributed by atoms with Crippen molar-refractivity contribution in [2.24, 2.45) is 11.8 Å². The molecule has 0 saturated heterocycles. The Kier molecular flexibility index (Phi) is 8.12. The first-order valence-corrected chi connectivity index (χ1v) is 9.49. The van der Waals surface area contributed by atoms with Gasteiger partial charge in [-0.05, 0) is 53.4 Å². The standard InChI is InChI=1S/C19H26F6N2O3/c1-10(2)15(28)26(11(3)4)12(5)16(29)27(19(23,24)25)17(30)13-6-8-14(9-7-13)18(20,21)22/h11-14H,1,6-9H2,2-5H3. The van der Waals surface area contributed by atoms with E-state index in [-0.39, 0.29) is 5.57 Å². The summed E-state index contributed by atoms with van der Waals surface area (Å²) >= 11 is 0. The summed E-state index contributed by atoms with van der Waals surface area (Å²) in [5, 5.41) is 0. The van der Waals surface area contributed by atoms with Gasteiger partial charge in [0.15, 0.2) is 0 Å². The maximum Gasteiger partial charge on any atom is 0.493 e. The highest BCUT2D eigenvalue weighted by atomic mass is 19.4. The molecule has 1 unspecified atom stereocenters. The largest absolute Gasteiger partial charge is 0.493 e. The Balaban J connectivity index is 3.12. The molecule has 172 valence electrons. The zero-order chi connectivity index (χ0) is 23.6. The van der Waals surface area contributed by atoms with Crippen molar-refractivity contribution in [1.82, 2.24) is 9.80 Å². The van der Waals surface area contributed by atoms with E-state index in [0.29, 0.717) is 0 Å². The normalized spacial score (nSPS) is 21.2. The van der Waals surface area contributed by atoms with Crippen LogP contribution in [0, 0.1) is 11.8 Å². The number of carbonyl (C=O) groups excluding carboxylic acids is 3. The Bertz CT molecular complexity index is 679. The first-order chi connectivity index (χ1) is 13.5. The molecule has 1 atom stereocenters. The van der Waals surface area contributed by atoms with Gasteiger partial charge in [-0.1, -0.05) is 6.58 Å². The van der Waals surface area contributed by atoms with E-state index in [1.807, 2.05) is 0 Å². The van der Waals surface area contributed by atoms with E-state index in [4.69, 9.17) is 0 Å².